The van der Waals surface area contributed by atoms with E-state index in [4.69, 9.17) is 0 Å². The molecule has 0 fully saturated rings. The van der Waals surface area contributed by atoms with Gasteiger partial charge in [0.1, 0.15) is 0 Å². The second kappa shape index (κ2) is 9.46. The number of carboxylic acids is 1. The number of para-hydroxylation sites is 1. The number of carbonyl (C=O) groups is 2. The first-order valence-electron chi connectivity index (χ1n) is 9.41. The Balaban J connectivity index is 1.44. The summed E-state index contributed by atoms with van der Waals surface area (Å²) in [5.74, 6) is -1.64. The molecule has 2 N–H and O–H groups in total. The van der Waals surface area contributed by atoms with Crippen molar-refractivity contribution in [3.63, 3.8) is 0 Å². The van der Waals surface area contributed by atoms with Crippen LogP contribution in [0.25, 0.3) is 10.2 Å². The molecule has 0 aliphatic rings. The molecule has 1 amide bonds. The monoisotopic (exact) mass is 396 g/mol. The van der Waals surface area contributed by atoms with Crippen molar-refractivity contribution < 1.29 is 14.7 Å². The average Bonchev–Trinajstić information content (AvgIpc) is 3.07. The van der Waals surface area contributed by atoms with Crippen LogP contribution in [-0.2, 0) is 22.4 Å². The Morgan fingerprint density at radius 2 is 2.00 bits per heavy atom. The zero-order valence-electron chi connectivity index (χ0n) is 15.9. The number of hydrogen-bond acceptors (Lipinski definition) is 4. The Kier molecular flexibility index (Phi) is 6.76. The van der Waals surface area contributed by atoms with Crippen LogP contribution >= 0.6 is 11.3 Å². The van der Waals surface area contributed by atoms with Gasteiger partial charge in [-0.3, -0.25) is 9.59 Å². The first-order valence-corrected chi connectivity index (χ1v) is 10.2. The van der Waals surface area contributed by atoms with Crippen molar-refractivity contribution in [3.05, 3.63) is 64.7 Å². The molecular weight excluding hydrogens is 372 g/mol. The van der Waals surface area contributed by atoms with E-state index < -0.39 is 11.9 Å². The van der Waals surface area contributed by atoms with E-state index in [2.05, 4.69) is 10.3 Å². The fourth-order valence-electron chi connectivity index (χ4n) is 3.12. The number of nitrogens with zero attached hydrogens (tertiary/aromatic N) is 1. The molecule has 1 heterocycles. The Hall–Kier alpha value is -2.73. The molecule has 0 radical (unpaired) electrons. The second-order valence-corrected chi connectivity index (χ2v) is 8.08. The first-order chi connectivity index (χ1) is 13.5. The average molecular weight is 397 g/mol. The largest absolute Gasteiger partial charge is 0.481 e. The molecule has 0 aliphatic carbocycles. The van der Waals surface area contributed by atoms with Gasteiger partial charge in [0, 0.05) is 13.0 Å². The third-order valence-corrected chi connectivity index (χ3v) is 5.69. The molecule has 6 heteroatoms. The number of aliphatic carboxylic acids is 1. The number of nitrogens with one attached hydrogen (secondary N) is 1. The molecular formula is C22H24N2O3S. The summed E-state index contributed by atoms with van der Waals surface area (Å²) in [6, 6.07) is 15.8. The smallest absolute Gasteiger partial charge is 0.308 e. The van der Waals surface area contributed by atoms with E-state index in [0.29, 0.717) is 19.3 Å². The maximum absolute atomic E-state index is 12.1. The number of amides is 1. The van der Waals surface area contributed by atoms with Gasteiger partial charge in [0.25, 0.3) is 0 Å². The minimum Gasteiger partial charge on any atom is -0.481 e. The van der Waals surface area contributed by atoms with E-state index in [-0.39, 0.29) is 12.5 Å². The van der Waals surface area contributed by atoms with Crippen LogP contribution in [0.4, 0.5) is 0 Å². The zero-order chi connectivity index (χ0) is 19.9. The number of rotatable bonds is 9. The van der Waals surface area contributed by atoms with Gasteiger partial charge in [0.15, 0.2) is 0 Å². The fourth-order valence-corrected chi connectivity index (χ4v) is 4.13. The topological polar surface area (TPSA) is 79.3 Å². The van der Waals surface area contributed by atoms with Gasteiger partial charge in [-0.05, 0) is 43.9 Å². The molecule has 0 aliphatic heterocycles. The van der Waals surface area contributed by atoms with Gasteiger partial charge >= 0.3 is 5.97 Å². The number of hydrogen-bond donors (Lipinski definition) is 2. The van der Waals surface area contributed by atoms with Crippen LogP contribution in [-0.4, -0.2) is 28.5 Å². The van der Waals surface area contributed by atoms with Gasteiger partial charge in [0.05, 0.1) is 21.1 Å². The maximum Gasteiger partial charge on any atom is 0.308 e. The Bertz CT molecular complexity index is 934. The van der Waals surface area contributed by atoms with Crippen LogP contribution in [0.15, 0.2) is 48.5 Å². The third-order valence-electron chi connectivity index (χ3n) is 4.59. The molecule has 3 rings (SSSR count). The minimum atomic E-state index is -0.892. The number of aryl methyl sites for hydroxylation is 2. The minimum absolute atomic E-state index is 0.114. The first kappa shape index (κ1) is 20.0. The highest BCUT2D eigenvalue weighted by Gasteiger charge is 2.19. The molecule has 0 bridgehead atoms. The van der Waals surface area contributed by atoms with Crippen molar-refractivity contribution in [2.24, 2.45) is 5.92 Å². The lowest BCUT2D eigenvalue weighted by atomic mass is 9.98. The molecule has 0 saturated carbocycles. The Morgan fingerprint density at radius 1 is 1.18 bits per heavy atom. The van der Waals surface area contributed by atoms with E-state index in [9.17, 15) is 14.7 Å². The summed E-state index contributed by atoms with van der Waals surface area (Å²) in [7, 11) is 0. The van der Waals surface area contributed by atoms with Crippen molar-refractivity contribution in [3.8, 4) is 0 Å². The molecule has 3 aromatic rings. The summed E-state index contributed by atoms with van der Waals surface area (Å²) in [6.07, 6.45) is 2.22. The van der Waals surface area contributed by atoms with Gasteiger partial charge in [-0.15, -0.1) is 11.3 Å². The highest BCUT2D eigenvalue weighted by molar-refractivity contribution is 7.18. The molecule has 1 unspecified atom stereocenters. The highest BCUT2D eigenvalue weighted by atomic mass is 32.1. The summed E-state index contributed by atoms with van der Waals surface area (Å²) in [4.78, 5) is 28.2. The summed E-state index contributed by atoms with van der Waals surface area (Å²) < 4.78 is 1.16. The van der Waals surface area contributed by atoms with Crippen molar-refractivity contribution in [2.75, 3.05) is 6.54 Å². The number of thiazole rings is 1. The van der Waals surface area contributed by atoms with Crippen molar-refractivity contribution in [1.82, 2.24) is 10.3 Å². The van der Waals surface area contributed by atoms with Crippen LogP contribution in [0.3, 0.4) is 0 Å². The second-order valence-electron chi connectivity index (χ2n) is 6.96. The molecule has 2 aromatic carbocycles. The van der Waals surface area contributed by atoms with Crippen LogP contribution in [0.2, 0.25) is 0 Å². The number of fused-ring (bicyclic) bond motifs is 1. The molecule has 28 heavy (non-hydrogen) atoms. The lowest BCUT2D eigenvalue weighted by Gasteiger charge is -2.14. The summed E-state index contributed by atoms with van der Waals surface area (Å²) in [5, 5.41) is 13.3. The van der Waals surface area contributed by atoms with E-state index in [1.807, 2.05) is 55.5 Å². The predicted molar refractivity (Wildman–Crippen MR) is 112 cm³/mol. The van der Waals surface area contributed by atoms with E-state index in [1.165, 1.54) is 0 Å². The number of carboxylic acid groups (broad SMARTS) is 1. The molecule has 146 valence electrons. The lowest BCUT2D eigenvalue weighted by molar-refractivity contribution is -0.141. The van der Waals surface area contributed by atoms with Crippen LogP contribution in [0, 0.1) is 12.8 Å². The van der Waals surface area contributed by atoms with Gasteiger partial charge in [0.2, 0.25) is 5.91 Å². The van der Waals surface area contributed by atoms with Crippen molar-refractivity contribution in [1.29, 1.82) is 0 Å². The van der Waals surface area contributed by atoms with Crippen LogP contribution < -0.4 is 5.32 Å². The normalized spacial score (nSPS) is 12.0. The predicted octanol–water partition coefficient (Wildman–Crippen LogP) is 3.99. The van der Waals surface area contributed by atoms with E-state index in [1.54, 1.807) is 11.3 Å². The number of benzene rings is 2. The molecule has 0 spiro atoms. The van der Waals surface area contributed by atoms with Crippen LogP contribution in [0.5, 0.6) is 0 Å². The van der Waals surface area contributed by atoms with Crippen LogP contribution in [0.1, 0.15) is 29.0 Å². The van der Waals surface area contributed by atoms with Gasteiger partial charge < -0.3 is 10.4 Å². The molecule has 1 aromatic heterocycles. The van der Waals surface area contributed by atoms with E-state index >= 15 is 0 Å². The van der Waals surface area contributed by atoms with Crippen molar-refractivity contribution in [2.45, 2.75) is 32.6 Å². The standard InChI is InChI=1S/C22H24N2O3S/c1-15-6-4-7-16(12-15)13-17(22(26)27)14-23-20(25)10-5-11-21-24-18-8-2-3-9-19(18)28-21/h2-4,6-9,12,17H,5,10-11,13-14H2,1H3,(H,23,25)(H,26,27). The third kappa shape index (κ3) is 5.63. The van der Waals surface area contributed by atoms with Crippen molar-refractivity contribution >= 4 is 33.4 Å². The summed E-state index contributed by atoms with van der Waals surface area (Å²) in [6.45, 7) is 2.12. The van der Waals surface area contributed by atoms with Gasteiger partial charge in [-0.2, -0.15) is 0 Å². The maximum atomic E-state index is 12.1. The molecule has 1 atom stereocenters. The fraction of sp³-hybridized carbons (Fsp3) is 0.318. The number of aromatic nitrogens is 1. The van der Waals surface area contributed by atoms with Gasteiger partial charge in [-0.1, -0.05) is 42.0 Å². The van der Waals surface area contributed by atoms with E-state index in [0.717, 1.165) is 32.8 Å². The summed E-state index contributed by atoms with van der Waals surface area (Å²) in [5.41, 5.74) is 3.06. The van der Waals surface area contributed by atoms with Gasteiger partial charge in [-0.25, -0.2) is 4.98 Å². The molecule has 5 nitrogen and oxygen atoms in total. The quantitative estimate of drug-likeness (QED) is 0.573. The zero-order valence-corrected chi connectivity index (χ0v) is 16.7. The molecule has 0 saturated heterocycles. The summed E-state index contributed by atoms with van der Waals surface area (Å²) >= 11 is 1.65. The Morgan fingerprint density at radius 3 is 2.75 bits per heavy atom. The Labute approximate surface area is 168 Å². The highest BCUT2D eigenvalue weighted by Crippen LogP contribution is 2.22. The lowest BCUT2D eigenvalue weighted by Crippen LogP contribution is -2.34. The SMILES string of the molecule is Cc1cccc(CC(CNC(=O)CCCc2nc3ccccc3s2)C(=O)O)c1. The number of carbonyl (C=O) groups excluding carboxylic acids is 1.